The molecule has 2 N–H and O–H groups in total. The van der Waals surface area contributed by atoms with Crippen LogP contribution in [0.4, 0.5) is 11.8 Å². The first kappa shape index (κ1) is 13.0. The lowest BCUT2D eigenvalue weighted by atomic mass is 10.2. The largest absolute Gasteiger partial charge is 0.369 e. The summed E-state index contributed by atoms with van der Waals surface area (Å²) in [5, 5.41) is 6.85. The molecular weight excluding hydrogens is 224 g/mol. The molecule has 0 spiro atoms. The number of aromatic nitrogens is 2. The highest BCUT2D eigenvalue weighted by Gasteiger charge is 2.03. The highest BCUT2D eigenvalue weighted by molar-refractivity contribution is 6.32. The Labute approximate surface area is 102 Å². The second-order valence-electron chi connectivity index (χ2n) is 3.55. The van der Waals surface area contributed by atoms with Crippen LogP contribution in [0.3, 0.4) is 0 Å². The number of anilines is 2. The van der Waals surface area contributed by atoms with Crippen LogP contribution in [-0.4, -0.2) is 23.1 Å². The number of nitrogens with zero attached hydrogens (tertiary/aromatic N) is 2. The lowest BCUT2D eigenvalue weighted by Crippen LogP contribution is -2.08. The SMILES string of the molecule is CCCCCNc1nc(NCC)ncc1Cl. The molecule has 0 saturated carbocycles. The van der Waals surface area contributed by atoms with Crippen LogP contribution in [0, 0.1) is 0 Å². The van der Waals surface area contributed by atoms with Crippen molar-refractivity contribution in [1.29, 1.82) is 0 Å². The van der Waals surface area contributed by atoms with E-state index in [9.17, 15) is 0 Å². The number of hydrogen-bond donors (Lipinski definition) is 2. The molecule has 0 unspecified atom stereocenters. The van der Waals surface area contributed by atoms with Gasteiger partial charge in [0.25, 0.3) is 0 Å². The topological polar surface area (TPSA) is 49.8 Å². The number of unbranched alkanes of at least 4 members (excludes halogenated alkanes) is 2. The summed E-state index contributed by atoms with van der Waals surface area (Å²) in [5.41, 5.74) is 0. The smallest absolute Gasteiger partial charge is 0.224 e. The van der Waals surface area contributed by atoms with Crippen molar-refractivity contribution in [2.75, 3.05) is 23.7 Å². The van der Waals surface area contributed by atoms with Gasteiger partial charge in [-0.05, 0) is 13.3 Å². The van der Waals surface area contributed by atoms with E-state index in [-0.39, 0.29) is 0 Å². The molecule has 1 aromatic heterocycles. The van der Waals surface area contributed by atoms with Crippen molar-refractivity contribution in [3.63, 3.8) is 0 Å². The van der Waals surface area contributed by atoms with Gasteiger partial charge in [0.15, 0.2) is 0 Å². The van der Waals surface area contributed by atoms with Crippen LogP contribution in [-0.2, 0) is 0 Å². The summed E-state index contributed by atoms with van der Waals surface area (Å²) in [6.07, 6.45) is 5.18. The molecule has 0 atom stereocenters. The van der Waals surface area contributed by atoms with Crippen LogP contribution < -0.4 is 10.6 Å². The van der Waals surface area contributed by atoms with Crippen molar-refractivity contribution in [3.8, 4) is 0 Å². The number of halogens is 1. The summed E-state index contributed by atoms with van der Waals surface area (Å²) in [5.74, 6) is 1.33. The molecule has 0 saturated heterocycles. The van der Waals surface area contributed by atoms with Gasteiger partial charge < -0.3 is 10.6 Å². The van der Waals surface area contributed by atoms with Crippen LogP contribution in [0.1, 0.15) is 33.1 Å². The Balaban J connectivity index is 2.52. The Morgan fingerprint density at radius 1 is 1.25 bits per heavy atom. The van der Waals surface area contributed by atoms with E-state index in [0.29, 0.717) is 16.8 Å². The molecule has 1 heterocycles. The molecule has 90 valence electrons. The average Bonchev–Trinajstić information content (AvgIpc) is 2.29. The zero-order valence-corrected chi connectivity index (χ0v) is 10.6. The molecule has 0 aliphatic heterocycles. The van der Waals surface area contributed by atoms with E-state index in [4.69, 9.17) is 11.6 Å². The zero-order chi connectivity index (χ0) is 11.8. The first-order valence-corrected chi connectivity index (χ1v) is 6.16. The Morgan fingerprint density at radius 2 is 2.06 bits per heavy atom. The van der Waals surface area contributed by atoms with Crippen LogP contribution in [0.2, 0.25) is 5.02 Å². The van der Waals surface area contributed by atoms with E-state index in [1.54, 1.807) is 6.20 Å². The molecule has 0 radical (unpaired) electrons. The molecule has 0 bridgehead atoms. The predicted molar refractivity (Wildman–Crippen MR) is 69.2 cm³/mol. The van der Waals surface area contributed by atoms with E-state index in [2.05, 4.69) is 27.5 Å². The molecule has 1 aromatic rings. The maximum atomic E-state index is 5.99. The van der Waals surface area contributed by atoms with Gasteiger partial charge in [-0.2, -0.15) is 4.98 Å². The summed E-state index contributed by atoms with van der Waals surface area (Å²) in [6, 6.07) is 0. The van der Waals surface area contributed by atoms with Gasteiger partial charge in [0.2, 0.25) is 5.95 Å². The maximum Gasteiger partial charge on any atom is 0.224 e. The van der Waals surface area contributed by atoms with E-state index >= 15 is 0 Å². The molecule has 16 heavy (non-hydrogen) atoms. The van der Waals surface area contributed by atoms with E-state index < -0.39 is 0 Å². The lowest BCUT2D eigenvalue weighted by Gasteiger charge is -2.08. The predicted octanol–water partition coefficient (Wildman–Crippen LogP) is 3.16. The molecule has 0 aliphatic rings. The summed E-state index contributed by atoms with van der Waals surface area (Å²) < 4.78 is 0. The molecule has 0 fully saturated rings. The number of rotatable bonds is 7. The van der Waals surface area contributed by atoms with Crippen LogP contribution >= 0.6 is 11.6 Å². The fraction of sp³-hybridized carbons (Fsp3) is 0.636. The van der Waals surface area contributed by atoms with Crippen molar-refractivity contribution >= 4 is 23.4 Å². The van der Waals surface area contributed by atoms with Crippen molar-refractivity contribution in [1.82, 2.24) is 9.97 Å². The van der Waals surface area contributed by atoms with Gasteiger partial charge >= 0.3 is 0 Å². The third-order valence-corrected chi connectivity index (χ3v) is 2.43. The van der Waals surface area contributed by atoms with E-state index in [1.807, 2.05) is 6.92 Å². The summed E-state index contributed by atoms with van der Waals surface area (Å²) in [6.45, 7) is 5.89. The molecule has 5 heteroatoms. The van der Waals surface area contributed by atoms with Gasteiger partial charge in [-0.15, -0.1) is 0 Å². The van der Waals surface area contributed by atoms with E-state index in [1.165, 1.54) is 12.8 Å². The third-order valence-electron chi connectivity index (χ3n) is 2.15. The maximum absolute atomic E-state index is 5.99. The van der Waals surface area contributed by atoms with Crippen molar-refractivity contribution in [2.24, 2.45) is 0 Å². The Morgan fingerprint density at radius 3 is 2.75 bits per heavy atom. The highest BCUT2D eigenvalue weighted by atomic mass is 35.5. The minimum atomic E-state index is 0.568. The fourth-order valence-electron chi connectivity index (χ4n) is 1.32. The van der Waals surface area contributed by atoms with E-state index in [0.717, 1.165) is 19.5 Å². The highest BCUT2D eigenvalue weighted by Crippen LogP contribution is 2.19. The summed E-state index contributed by atoms with van der Waals surface area (Å²) in [4.78, 5) is 8.37. The van der Waals surface area contributed by atoms with Gasteiger partial charge in [-0.25, -0.2) is 4.98 Å². The number of nitrogens with one attached hydrogen (secondary N) is 2. The quantitative estimate of drug-likeness (QED) is 0.722. The molecule has 4 nitrogen and oxygen atoms in total. The van der Waals surface area contributed by atoms with Gasteiger partial charge in [0.05, 0.1) is 6.20 Å². The Bertz CT molecular complexity index is 317. The normalized spacial score (nSPS) is 10.2. The summed E-state index contributed by atoms with van der Waals surface area (Å²) >= 11 is 5.99. The molecule has 0 amide bonds. The second kappa shape index (κ2) is 7.28. The first-order chi connectivity index (χ1) is 7.77. The number of hydrogen-bond acceptors (Lipinski definition) is 4. The second-order valence-corrected chi connectivity index (χ2v) is 3.96. The molecular formula is C11H19ClN4. The Hall–Kier alpha value is -1.03. The fourth-order valence-corrected chi connectivity index (χ4v) is 1.47. The van der Waals surface area contributed by atoms with Crippen molar-refractivity contribution in [2.45, 2.75) is 33.1 Å². The molecule has 1 rings (SSSR count). The van der Waals surface area contributed by atoms with Crippen LogP contribution in [0.15, 0.2) is 6.20 Å². The first-order valence-electron chi connectivity index (χ1n) is 5.78. The minimum Gasteiger partial charge on any atom is -0.369 e. The standard InChI is InChI=1S/C11H19ClN4/c1-3-5-6-7-14-10-9(12)8-15-11(16-10)13-4-2/h8H,3-7H2,1-2H3,(H2,13,14,15,16). The minimum absolute atomic E-state index is 0.568. The molecule has 0 aromatic carbocycles. The van der Waals surface area contributed by atoms with Crippen LogP contribution in [0.25, 0.3) is 0 Å². The third kappa shape index (κ3) is 4.23. The molecule has 0 aliphatic carbocycles. The average molecular weight is 243 g/mol. The van der Waals surface area contributed by atoms with Gasteiger partial charge in [0.1, 0.15) is 10.8 Å². The van der Waals surface area contributed by atoms with Crippen molar-refractivity contribution in [3.05, 3.63) is 11.2 Å². The van der Waals surface area contributed by atoms with Gasteiger partial charge in [0, 0.05) is 13.1 Å². The lowest BCUT2D eigenvalue weighted by molar-refractivity contribution is 0.742. The summed E-state index contributed by atoms with van der Waals surface area (Å²) in [7, 11) is 0. The van der Waals surface area contributed by atoms with Gasteiger partial charge in [-0.3, -0.25) is 0 Å². The van der Waals surface area contributed by atoms with Crippen molar-refractivity contribution < 1.29 is 0 Å². The Kier molecular flexibility index (Phi) is 5.93. The monoisotopic (exact) mass is 242 g/mol. The van der Waals surface area contributed by atoms with Crippen LogP contribution in [0.5, 0.6) is 0 Å². The zero-order valence-electron chi connectivity index (χ0n) is 9.89. The van der Waals surface area contributed by atoms with Gasteiger partial charge in [-0.1, -0.05) is 31.4 Å².